The van der Waals surface area contributed by atoms with E-state index in [1.54, 1.807) is 0 Å². The summed E-state index contributed by atoms with van der Waals surface area (Å²) in [5.41, 5.74) is 0.969. The quantitative estimate of drug-likeness (QED) is 0.776. The Bertz CT molecular complexity index is 368. The van der Waals surface area contributed by atoms with Crippen LogP contribution in [0.25, 0.3) is 0 Å². The zero-order valence-electron chi connectivity index (χ0n) is 8.43. The number of rotatable bonds is 3. The van der Waals surface area contributed by atoms with Gasteiger partial charge in [0.05, 0.1) is 12.1 Å². The smallest absolute Gasteiger partial charge is 0.289 e. The lowest BCUT2D eigenvalue weighted by molar-refractivity contribution is -0.170. The van der Waals surface area contributed by atoms with Crippen LogP contribution >= 0.6 is 0 Å². The molecular weight excluding hydrogens is 209 g/mol. The first-order valence-electron chi connectivity index (χ1n) is 4.46. The first-order chi connectivity index (χ1) is 6.84. The molecule has 1 rings (SSSR count). The molecule has 84 valence electrons. The van der Waals surface area contributed by atoms with Crippen LogP contribution in [0, 0.1) is 0 Å². The van der Waals surface area contributed by atoms with Crippen molar-refractivity contribution >= 4 is 5.78 Å². The number of aryl methyl sites for hydroxylation is 2. The second-order valence-electron chi connectivity index (χ2n) is 3.20. The molecule has 0 fully saturated rings. The molecule has 3 nitrogen and oxygen atoms in total. The van der Waals surface area contributed by atoms with Crippen molar-refractivity contribution in [2.75, 3.05) is 0 Å². The molecule has 1 heterocycles. The van der Waals surface area contributed by atoms with E-state index in [4.69, 9.17) is 0 Å². The molecule has 0 aliphatic heterocycles. The fourth-order valence-corrected chi connectivity index (χ4v) is 1.17. The number of carbonyl (C=O) groups is 1. The van der Waals surface area contributed by atoms with Gasteiger partial charge in [-0.2, -0.15) is 18.3 Å². The van der Waals surface area contributed by atoms with Crippen LogP contribution in [-0.2, 0) is 24.7 Å². The number of ketones is 1. The molecule has 0 spiro atoms. The third kappa shape index (κ3) is 2.81. The van der Waals surface area contributed by atoms with Crippen LogP contribution < -0.4 is 0 Å². The van der Waals surface area contributed by atoms with Crippen molar-refractivity contribution in [3.63, 3.8) is 0 Å². The Hall–Kier alpha value is -1.33. The zero-order chi connectivity index (χ0) is 11.6. The van der Waals surface area contributed by atoms with E-state index in [0.29, 0.717) is 12.1 Å². The highest BCUT2D eigenvalue weighted by molar-refractivity contribution is 5.85. The van der Waals surface area contributed by atoms with E-state index in [0.717, 1.165) is 0 Å². The first-order valence-corrected chi connectivity index (χ1v) is 4.46. The molecule has 0 saturated heterocycles. The standard InChI is InChI=1S/C9H11F3N2O/c1-3-6-4-7(14(2)13-6)5-8(15)9(10,11)12/h4H,3,5H2,1-2H3. The van der Waals surface area contributed by atoms with E-state index in [2.05, 4.69) is 5.10 Å². The second kappa shape index (κ2) is 4.04. The van der Waals surface area contributed by atoms with Crippen LogP contribution in [0.2, 0.25) is 0 Å². The maximum absolute atomic E-state index is 12.0. The monoisotopic (exact) mass is 220 g/mol. The highest BCUT2D eigenvalue weighted by atomic mass is 19.4. The average Bonchev–Trinajstić information content (AvgIpc) is 2.45. The predicted octanol–water partition coefficient (Wildman–Crippen LogP) is 1.66. The molecule has 0 atom stereocenters. The third-order valence-corrected chi connectivity index (χ3v) is 2.05. The molecule has 0 bridgehead atoms. The SMILES string of the molecule is CCc1cc(CC(=O)C(F)(F)F)n(C)n1. The van der Waals surface area contributed by atoms with Gasteiger partial charge < -0.3 is 0 Å². The fourth-order valence-electron chi connectivity index (χ4n) is 1.17. The maximum atomic E-state index is 12.0. The number of hydrogen-bond acceptors (Lipinski definition) is 2. The number of aromatic nitrogens is 2. The highest BCUT2D eigenvalue weighted by Gasteiger charge is 2.38. The normalized spacial score (nSPS) is 11.8. The molecule has 0 radical (unpaired) electrons. The summed E-state index contributed by atoms with van der Waals surface area (Å²) in [6.45, 7) is 1.84. The predicted molar refractivity (Wildman–Crippen MR) is 47.4 cm³/mol. The number of hydrogen-bond donors (Lipinski definition) is 0. The van der Waals surface area contributed by atoms with Crippen LogP contribution in [-0.4, -0.2) is 21.7 Å². The summed E-state index contributed by atoms with van der Waals surface area (Å²) in [7, 11) is 1.53. The molecule has 0 aliphatic carbocycles. The number of nitrogens with zero attached hydrogens (tertiary/aromatic N) is 2. The minimum atomic E-state index is -4.77. The molecule has 0 aromatic carbocycles. The van der Waals surface area contributed by atoms with E-state index in [-0.39, 0.29) is 5.69 Å². The van der Waals surface area contributed by atoms with Crippen molar-refractivity contribution < 1.29 is 18.0 Å². The van der Waals surface area contributed by atoms with Gasteiger partial charge in [0.25, 0.3) is 0 Å². The first kappa shape index (κ1) is 11.7. The third-order valence-electron chi connectivity index (χ3n) is 2.05. The zero-order valence-corrected chi connectivity index (χ0v) is 8.43. The lowest BCUT2D eigenvalue weighted by Gasteiger charge is -2.04. The molecule has 6 heteroatoms. The molecule has 0 amide bonds. The molecule has 0 saturated carbocycles. The van der Waals surface area contributed by atoms with Crippen LogP contribution in [0.4, 0.5) is 13.2 Å². The topological polar surface area (TPSA) is 34.9 Å². The summed E-state index contributed by atoms with van der Waals surface area (Å²) in [6, 6.07) is 1.52. The highest BCUT2D eigenvalue weighted by Crippen LogP contribution is 2.18. The lowest BCUT2D eigenvalue weighted by atomic mass is 10.2. The molecule has 0 N–H and O–H groups in total. The maximum Gasteiger partial charge on any atom is 0.450 e. The second-order valence-corrected chi connectivity index (χ2v) is 3.20. The average molecular weight is 220 g/mol. The number of halogens is 3. The van der Waals surface area contributed by atoms with Crippen molar-refractivity contribution in [3.8, 4) is 0 Å². The fraction of sp³-hybridized carbons (Fsp3) is 0.556. The van der Waals surface area contributed by atoms with Crippen molar-refractivity contribution in [3.05, 3.63) is 17.5 Å². The van der Waals surface area contributed by atoms with Gasteiger partial charge in [-0.1, -0.05) is 6.92 Å². The molecule has 15 heavy (non-hydrogen) atoms. The Morgan fingerprint density at radius 2 is 2.13 bits per heavy atom. The summed E-state index contributed by atoms with van der Waals surface area (Å²) < 4.78 is 37.2. The van der Waals surface area contributed by atoms with E-state index in [1.165, 1.54) is 17.8 Å². The van der Waals surface area contributed by atoms with Gasteiger partial charge in [0.2, 0.25) is 5.78 Å². The van der Waals surface area contributed by atoms with E-state index in [1.807, 2.05) is 6.92 Å². The van der Waals surface area contributed by atoms with Gasteiger partial charge >= 0.3 is 6.18 Å². The van der Waals surface area contributed by atoms with E-state index >= 15 is 0 Å². The Kier molecular flexibility index (Phi) is 3.16. The Labute approximate surface area is 84.9 Å². The Morgan fingerprint density at radius 3 is 2.53 bits per heavy atom. The van der Waals surface area contributed by atoms with Gasteiger partial charge in [-0.15, -0.1) is 0 Å². The van der Waals surface area contributed by atoms with Crippen molar-refractivity contribution in [2.45, 2.75) is 25.9 Å². The molecule has 1 aromatic heterocycles. The van der Waals surface area contributed by atoms with Gasteiger partial charge in [0.15, 0.2) is 0 Å². The summed E-state index contributed by atoms with van der Waals surface area (Å²) in [4.78, 5) is 10.7. The number of carbonyl (C=O) groups excluding carboxylic acids is 1. The van der Waals surface area contributed by atoms with Crippen LogP contribution in [0.5, 0.6) is 0 Å². The Morgan fingerprint density at radius 1 is 1.53 bits per heavy atom. The molecule has 0 aliphatic rings. The van der Waals surface area contributed by atoms with Crippen molar-refractivity contribution in [2.24, 2.45) is 7.05 Å². The Balaban J connectivity index is 2.81. The van der Waals surface area contributed by atoms with Gasteiger partial charge in [0.1, 0.15) is 0 Å². The van der Waals surface area contributed by atoms with Crippen LogP contribution in [0.3, 0.4) is 0 Å². The van der Waals surface area contributed by atoms with E-state index in [9.17, 15) is 18.0 Å². The molecular formula is C9H11F3N2O. The van der Waals surface area contributed by atoms with Gasteiger partial charge in [-0.3, -0.25) is 9.48 Å². The van der Waals surface area contributed by atoms with Gasteiger partial charge in [-0.05, 0) is 12.5 Å². The summed E-state index contributed by atoms with van der Waals surface area (Å²) >= 11 is 0. The van der Waals surface area contributed by atoms with Gasteiger partial charge in [-0.25, -0.2) is 0 Å². The van der Waals surface area contributed by atoms with E-state index < -0.39 is 18.4 Å². The molecule has 0 unspecified atom stereocenters. The lowest BCUT2D eigenvalue weighted by Crippen LogP contribution is -2.25. The summed E-state index contributed by atoms with van der Waals surface area (Å²) in [5, 5.41) is 3.96. The number of alkyl halides is 3. The summed E-state index contributed by atoms with van der Waals surface area (Å²) in [6.07, 6.45) is -4.78. The summed E-state index contributed by atoms with van der Waals surface area (Å²) in [5.74, 6) is -1.74. The van der Waals surface area contributed by atoms with Crippen LogP contribution in [0.15, 0.2) is 6.07 Å². The molecule has 1 aromatic rings. The van der Waals surface area contributed by atoms with Crippen molar-refractivity contribution in [1.82, 2.24) is 9.78 Å². The van der Waals surface area contributed by atoms with Gasteiger partial charge in [0, 0.05) is 12.7 Å². The minimum absolute atomic E-state index is 0.286. The minimum Gasteiger partial charge on any atom is -0.289 e. The van der Waals surface area contributed by atoms with Crippen molar-refractivity contribution in [1.29, 1.82) is 0 Å². The van der Waals surface area contributed by atoms with Crippen LogP contribution in [0.1, 0.15) is 18.3 Å². The largest absolute Gasteiger partial charge is 0.450 e. The number of Topliss-reactive ketones (excluding diaryl/α,β-unsaturated/α-hetero) is 1.